The van der Waals surface area contributed by atoms with Crippen molar-refractivity contribution in [2.45, 2.75) is 19.4 Å². The number of fused-ring (bicyclic) bond motifs is 1. The van der Waals surface area contributed by atoms with Crippen LogP contribution in [0.2, 0.25) is 0 Å². The van der Waals surface area contributed by atoms with Gasteiger partial charge in [0, 0.05) is 31.5 Å². The third-order valence-electron chi connectivity index (χ3n) is 4.06. The van der Waals surface area contributed by atoms with Gasteiger partial charge in [-0.2, -0.15) is 4.98 Å². The van der Waals surface area contributed by atoms with E-state index in [9.17, 15) is 4.79 Å². The summed E-state index contributed by atoms with van der Waals surface area (Å²) in [7, 11) is 4.12. The largest absolute Gasteiger partial charge is 0.340 e. The number of carbonyl (C=O) groups excluding carboxylic acids is 1. The van der Waals surface area contributed by atoms with Gasteiger partial charge in [-0.25, -0.2) is 9.50 Å². The van der Waals surface area contributed by atoms with Crippen molar-refractivity contribution in [1.82, 2.24) is 29.4 Å². The number of likely N-dealkylation sites (N-methyl/N-ethyl adjacent to an activating group) is 1. The van der Waals surface area contributed by atoms with Crippen molar-refractivity contribution in [3.05, 3.63) is 24.3 Å². The average Bonchev–Trinajstić information content (AvgIpc) is 3.01. The number of carbonyl (C=O) groups is 1. The van der Waals surface area contributed by atoms with Crippen LogP contribution in [0, 0.1) is 5.92 Å². The minimum absolute atomic E-state index is 0.0853. The third-order valence-corrected chi connectivity index (χ3v) is 4.06. The molecule has 1 fully saturated rings. The highest BCUT2D eigenvalue weighted by atomic mass is 16.2. The molecule has 7 heteroatoms. The molecule has 1 aliphatic rings. The Hall–Kier alpha value is -2.02. The van der Waals surface area contributed by atoms with Gasteiger partial charge in [0.25, 0.3) is 5.78 Å². The Balaban J connectivity index is 1.69. The molecular formula is C14H20N6O. The van der Waals surface area contributed by atoms with E-state index in [1.807, 2.05) is 4.90 Å². The molecular weight excluding hydrogens is 268 g/mol. The van der Waals surface area contributed by atoms with Crippen LogP contribution < -0.4 is 0 Å². The van der Waals surface area contributed by atoms with E-state index < -0.39 is 0 Å². The monoisotopic (exact) mass is 288 g/mol. The van der Waals surface area contributed by atoms with E-state index in [2.05, 4.69) is 41.0 Å². The van der Waals surface area contributed by atoms with Crippen molar-refractivity contribution in [2.24, 2.45) is 5.92 Å². The fraction of sp³-hybridized carbons (Fsp3) is 0.571. The van der Waals surface area contributed by atoms with Gasteiger partial charge < -0.3 is 9.80 Å². The first-order valence-electron chi connectivity index (χ1n) is 7.15. The Bertz CT molecular complexity index is 619. The highest BCUT2D eigenvalue weighted by molar-refractivity contribution is 5.78. The van der Waals surface area contributed by atoms with E-state index in [1.165, 1.54) is 0 Å². The summed E-state index contributed by atoms with van der Waals surface area (Å²) in [6.07, 6.45) is 3.68. The Morgan fingerprint density at radius 3 is 2.90 bits per heavy atom. The summed E-state index contributed by atoms with van der Waals surface area (Å²) >= 11 is 0. The standard InChI is InChI=1S/C14H20N6O/c1-10-8-19(9-11(10)18(2)3)13(21)7-12-16-14-15-5-4-6-20(14)17-12/h4-6,10-11H,7-9H2,1-3H3/t10-,11-/m1/s1. The molecule has 0 unspecified atom stereocenters. The van der Waals surface area contributed by atoms with E-state index in [4.69, 9.17) is 0 Å². The first kappa shape index (κ1) is 13.9. The van der Waals surface area contributed by atoms with Gasteiger partial charge in [-0.1, -0.05) is 6.92 Å². The first-order chi connectivity index (χ1) is 10.0. The number of hydrogen-bond acceptors (Lipinski definition) is 5. The van der Waals surface area contributed by atoms with E-state index >= 15 is 0 Å². The maximum Gasteiger partial charge on any atom is 0.252 e. The van der Waals surface area contributed by atoms with Gasteiger partial charge in [0.1, 0.15) is 0 Å². The third kappa shape index (κ3) is 2.73. The Morgan fingerprint density at radius 2 is 2.24 bits per heavy atom. The Labute approximate surface area is 123 Å². The zero-order chi connectivity index (χ0) is 15.0. The van der Waals surface area contributed by atoms with Crippen molar-refractivity contribution in [3.63, 3.8) is 0 Å². The van der Waals surface area contributed by atoms with Crippen LogP contribution in [0.25, 0.3) is 5.78 Å². The van der Waals surface area contributed by atoms with Crippen LogP contribution in [0.3, 0.4) is 0 Å². The number of rotatable bonds is 3. The van der Waals surface area contributed by atoms with E-state index in [-0.39, 0.29) is 12.3 Å². The van der Waals surface area contributed by atoms with Crippen LogP contribution in [0.4, 0.5) is 0 Å². The lowest BCUT2D eigenvalue weighted by Crippen LogP contribution is -2.36. The minimum Gasteiger partial charge on any atom is -0.340 e. The predicted molar refractivity (Wildman–Crippen MR) is 77.7 cm³/mol. The molecule has 2 atom stereocenters. The van der Waals surface area contributed by atoms with Crippen molar-refractivity contribution < 1.29 is 4.79 Å². The van der Waals surface area contributed by atoms with Gasteiger partial charge in [-0.05, 0) is 26.1 Å². The van der Waals surface area contributed by atoms with Crippen molar-refractivity contribution in [2.75, 3.05) is 27.2 Å². The van der Waals surface area contributed by atoms with Crippen LogP contribution in [0.15, 0.2) is 18.5 Å². The zero-order valence-corrected chi connectivity index (χ0v) is 12.6. The second-order valence-electron chi connectivity index (χ2n) is 5.88. The normalized spacial score (nSPS) is 22.4. The maximum absolute atomic E-state index is 12.4. The van der Waals surface area contributed by atoms with Crippen LogP contribution in [0.5, 0.6) is 0 Å². The molecule has 0 N–H and O–H groups in total. The molecule has 0 saturated carbocycles. The highest BCUT2D eigenvalue weighted by Crippen LogP contribution is 2.20. The summed E-state index contributed by atoms with van der Waals surface area (Å²) in [6, 6.07) is 2.21. The second kappa shape index (κ2) is 5.40. The van der Waals surface area contributed by atoms with Gasteiger partial charge in [-0.15, -0.1) is 5.10 Å². The van der Waals surface area contributed by atoms with Gasteiger partial charge in [-0.3, -0.25) is 4.79 Å². The Kier molecular flexibility index (Phi) is 3.59. The van der Waals surface area contributed by atoms with E-state index in [1.54, 1.807) is 23.0 Å². The molecule has 7 nitrogen and oxygen atoms in total. The van der Waals surface area contributed by atoms with Gasteiger partial charge >= 0.3 is 0 Å². The summed E-state index contributed by atoms with van der Waals surface area (Å²) in [6.45, 7) is 3.76. The van der Waals surface area contributed by atoms with Crippen molar-refractivity contribution in [3.8, 4) is 0 Å². The van der Waals surface area contributed by atoms with Crippen LogP contribution in [0.1, 0.15) is 12.7 Å². The molecule has 3 rings (SSSR count). The molecule has 2 aromatic rings. The average molecular weight is 288 g/mol. The van der Waals surface area contributed by atoms with Gasteiger partial charge in [0.05, 0.1) is 6.42 Å². The van der Waals surface area contributed by atoms with Gasteiger partial charge in [0.15, 0.2) is 5.82 Å². The quantitative estimate of drug-likeness (QED) is 0.800. The molecule has 0 radical (unpaired) electrons. The van der Waals surface area contributed by atoms with Crippen LogP contribution >= 0.6 is 0 Å². The summed E-state index contributed by atoms with van der Waals surface area (Å²) in [5.74, 6) is 1.63. The topological polar surface area (TPSA) is 66.6 Å². The number of aromatic nitrogens is 4. The molecule has 1 saturated heterocycles. The van der Waals surface area contributed by atoms with E-state index in [0.29, 0.717) is 23.6 Å². The molecule has 0 aromatic carbocycles. The van der Waals surface area contributed by atoms with Crippen molar-refractivity contribution in [1.29, 1.82) is 0 Å². The fourth-order valence-corrected chi connectivity index (χ4v) is 2.92. The molecule has 1 aliphatic heterocycles. The summed E-state index contributed by atoms with van der Waals surface area (Å²) in [4.78, 5) is 24.9. The minimum atomic E-state index is 0.0853. The van der Waals surface area contributed by atoms with Crippen molar-refractivity contribution >= 4 is 11.7 Å². The fourth-order valence-electron chi connectivity index (χ4n) is 2.92. The molecule has 21 heavy (non-hydrogen) atoms. The number of hydrogen-bond donors (Lipinski definition) is 0. The van der Waals surface area contributed by atoms with Gasteiger partial charge in [0.2, 0.25) is 5.91 Å². The predicted octanol–water partition coefficient (Wildman–Crippen LogP) is 0.0753. The SMILES string of the molecule is C[C@@H]1CN(C(=O)Cc2nc3ncccn3n2)C[C@H]1N(C)C. The molecule has 0 bridgehead atoms. The summed E-state index contributed by atoms with van der Waals surface area (Å²) in [5.41, 5.74) is 0. The maximum atomic E-state index is 12.4. The Morgan fingerprint density at radius 1 is 1.43 bits per heavy atom. The molecule has 2 aromatic heterocycles. The number of amides is 1. The zero-order valence-electron chi connectivity index (χ0n) is 12.6. The molecule has 1 amide bonds. The van der Waals surface area contributed by atoms with E-state index in [0.717, 1.165) is 13.1 Å². The number of likely N-dealkylation sites (tertiary alicyclic amines) is 1. The number of nitrogens with zero attached hydrogens (tertiary/aromatic N) is 6. The molecule has 0 spiro atoms. The first-order valence-corrected chi connectivity index (χ1v) is 7.15. The molecule has 0 aliphatic carbocycles. The van der Waals surface area contributed by atoms with Crippen LogP contribution in [-0.4, -0.2) is 68.5 Å². The smallest absolute Gasteiger partial charge is 0.252 e. The molecule has 3 heterocycles. The lowest BCUT2D eigenvalue weighted by molar-refractivity contribution is -0.129. The lowest BCUT2D eigenvalue weighted by atomic mass is 10.1. The van der Waals surface area contributed by atoms with Crippen LogP contribution in [-0.2, 0) is 11.2 Å². The second-order valence-corrected chi connectivity index (χ2v) is 5.88. The lowest BCUT2D eigenvalue weighted by Gasteiger charge is -2.22. The summed E-state index contributed by atoms with van der Waals surface area (Å²) < 4.78 is 1.60. The molecule has 112 valence electrons. The summed E-state index contributed by atoms with van der Waals surface area (Å²) in [5, 5.41) is 4.28. The highest BCUT2D eigenvalue weighted by Gasteiger charge is 2.33.